The van der Waals surface area contributed by atoms with E-state index in [0.717, 1.165) is 0 Å². The summed E-state index contributed by atoms with van der Waals surface area (Å²) in [7, 11) is -2.53. The summed E-state index contributed by atoms with van der Waals surface area (Å²) in [5, 5.41) is 20.2. The van der Waals surface area contributed by atoms with Crippen LogP contribution in [0.15, 0.2) is 39.0 Å². The zero-order valence-electron chi connectivity index (χ0n) is 16.4. The molecule has 31 heavy (non-hydrogen) atoms. The SMILES string of the molecule is Cc1cccc(CO[P+](=O)OC[C@H]2O[C@@H](n3cc(/C=C/Br)c(=O)[nH]c3=O)C[C@@H]2O)c1O. The van der Waals surface area contributed by atoms with E-state index in [1.807, 2.05) is 0 Å². The van der Waals surface area contributed by atoms with Crippen molar-refractivity contribution in [3.05, 3.63) is 66.9 Å². The minimum atomic E-state index is -2.53. The van der Waals surface area contributed by atoms with Crippen LogP contribution in [0, 0.1) is 6.92 Å². The first-order chi connectivity index (χ1) is 14.8. The molecule has 2 aromatic rings. The number of aromatic hydroxyl groups is 1. The molecule has 12 heteroatoms. The highest BCUT2D eigenvalue weighted by atomic mass is 79.9. The minimum absolute atomic E-state index is 0.0590. The van der Waals surface area contributed by atoms with E-state index in [1.165, 1.54) is 21.8 Å². The fourth-order valence-corrected chi connectivity index (χ4v) is 3.94. The Balaban J connectivity index is 1.57. The number of aliphatic hydroxyl groups excluding tert-OH is 1. The Morgan fingerprint density at radius 3 is 2.90 bits per heavy atom. The number of hydrogen-bond donors (Lipinski definition) is 3. The van der Waals surface area contributed by atoms with Gasteiger partial charge in [0.15, 0.2) is 0 Å². The molecular weight excluding hydrogens is 495 g/mol. The Hall–Kier alpha value is -2.14. The molecular formula is C19H21BrN2O8P+. The number of aromatic amines is 1. The number of aryl methyl sites for hydroxylation is 1. The number of aliphatic hydroxyl groups is 1. The smallest absolute Gasteiger partial charge is 0.507 e. The van der Waals surface area contributed by atoms with Gasteiger partial charge in [-0.25, -0.2) is 4.79 Å². The van der Waals surface area contributed by atoms with Gasteiger partial charge in [-0.3, -0.25) is 14.3 Å². The van der Waals surface area contributed by atoms with Crippen LogP contribution in [0.2, 0.25) is 0 Å². The maximum absolute atomic E-state index is 12.1. The zero-order valence-corrected chi connectivity index (χ0v) is 18.9. The van der Waals surface area contributed by atoms with E-state index in [2.05, 4.69) is 20.9 Å². The van der Waals surface area contributed by atoms with Gasteiger partial charge in [0, 0.05) is 22.7 Å². The Labute approximate surface area is 186 Å². The van der Waals surface area contributed by atoms with Gasteiger partial charge in [-0.15, -0.1) is 9.05 Å². The number of para-hydroxylation sites is 1. The summed E-state index contributed by atoms with van der Waals surface area (Å²) < 4.78 is 29.1. The molecule has 3 N–H and O–H groups in total. The minimum Gasteiger partial charge on any atom is -0.507 e. The van der Waals surface area contributed by atoms with E-state index in [9.17, 15) is 24.4 Å². The number of nitrogens with one attached hydrogen (secondary N) is 1. The van der Waals surface area contributed by atoms with E-state index >= 15 is 0 Å². The molecule has 3 rings (SSSR count). The van der Waals surface area contributed by atoms with Gasteiger partial charge < -0.3 is 14.9 Å². The first-order valence-electron chi connectivity index (χ1n) is 9.26. The van der Waals surface area contributed by atoms with Gasteiger partial charge in [-0.05, 0) is 23.5 Å². The zero-order chi connectivity index (χ0) is 22.5. The Morgan fingerprint density at radius 1 is 1.39 bits per heavy atom. The highest BCUT2D eigenvalue weighted by Gasteiger charge is 2.38. The summed E-state index contributed by atoms with van der Waals surface area (Å²) in [4.78, 5) is 27.6. The summed E-state index contributed by atoms with van der Waals surface area (Å²) >= 11 is 3.07. The van der Waals surface area contributed by atoms with Gasteiger partial charge >= 0.3 is 13.9 Å². The van der Waals surface area contributed by atoms with Crippen molar-refractivity contribution in [1.82, 2.24) is 9.55 Å². The summed E-state index contributed by atoms with van der Waals surface area (Å²) in [6.45, 7) is 1.38. The van der Waals surface area contributed by atoms with E-state index in [-0.39, 0.29) is 30.9 Å². The maximum atomic E-state index is 12.1. The fourth-order valence-electron chi connectivity index (χ4n) is 3.07. The number of ether oxygens (including phenoxy) is 1. The number of H-pyrrole nitrogens is 1. The van der Waals surface area contributed by atoms with Crippen LogP contribution in [0.3, 0.4) is 0 Å². The van der Waals surface area contributed by atoms with Crippen LogP contribution in [0.25, 0.3) is 6.08 Å². The van der Waals surface area contributed by atoms with Gasteiger partial charge in [0.2, 0.25) is 0 Å². The van der Waals surface area contributed by atoms with Crippen molar-refractivity contribution in [2.75, 3.05) is 6.61 Å². The van der Waals surface area contributed by atoms with Crippen LogP contribution in [-0.2, 0) is 25.0 Å². The lowest BCUT2D eigenvalue weighted by molar-refractivity contribution is -0.0421. The standard InChI is InChI=1S/C19H20BrN2O8P/c1-11-3-2-4-13(17(11)24)9-28-31(27)29-10-15-14(23)7-16(30-15)22-8-12(5-6-20)18(25)21-19(22)26/h2-6,8,14-16,23H,7,9-10H2,1H3,(H-,21,24,25,26)/p+1/b6-5+/t14-,15+,16+/m0/s1. The second-order valence-electron chi connectivity index (χ2n) is 6.85. The highest BCUT2D eigenvalue weighted by molar-refractivity contribution is 9.11. The third-order valence-electron chi connectivity index (χ3n) is 4.74. The molecule has 1 aliphatic heterocycles. The largest absolute Gasteiger partial charge is 0.697 e. The van der Waals surface area contributed by atoms with E-state index in [1.54, 1.807) is 25.1 Å². The second kappa shape index (κ2) is 10.4. The van der Waals surface area contributed by atoms with Crippen molar-refractivity contribution in [3.8, 4) is 5.75 Å². The monoisotopic (exact) mass is 515 g/mol. The van der Waals surface area contributed by atoms with Crippen LogP contribution in [0.4, 0.5) is 0 Å². The van der Waals surface area contributed by atoms with Crippen LogP contribution < -0.4 is 11.2 Å². The van der Waals surface area contributed by atoms with Crippen LogP contribution in [0.1, 0.15) is 29.3 Å². The van der Waals surface area contributed by atoms with Crippen molar-refractivity contribution >= 4 is 30.3 Å². The third kappa shape index (κ3) is 5.76. The summed E-state index contributed by atoms with van der Waals surface area (Å²) in [6.07, 6.45) is 0.203. The average molecular weight is 516 g/mol. The molecule has 1 saturated heterocycles. The number of halogens is 1. The van der Waals surface area contributed by atoms with Crippen molar-refractivity contribution in [2.45, 2.75) is 38.4 Å². The quantitative estimate of drug-likeness (QED) is 0.455. The van der Waals surface area contributed by atoms with E-state index in [0.29, 0.717) is 11.1 Å². The lowest BCUT2D eigenvalue weighted by Crippen LogP contribution is -2.33. The molecule has 0 amide bonds. The molecule has 4 atom stereocenters. The molecule has 10 nitrogen and oxygen atoms in total. The number of nitrogens with zero attached hydrogens (tertiary/aromatic N) is 1. The Morgan fingerprint density at radius 2 is 2.16 bits per heavy atom. The van der Waals surface area contributed by atoms with Crippen LogP contribution in [-0.4, -0.2) is 38.6 Å². The molecule has 1 aromatic carbocycles. The lowest BCUT2D eigenvalue weighted by atomic mass is 10.1. The maximum Gasteiger partial charge on any atom is 0.697 e. The Kier molecular flexibility index (Phi) is 7.93. The molecule has 0 spiro atoms. The second-order valence-corrected chi connectivity index (χ2v) is 8.34. The van der Waals surface area contributed by atoms with Gasteiger partial charge in [0.05, 0.1) is 11.7 Å². The molecule has 0 aliphatic carbocycles. The number of aromatic nitrogens is 2. The molecule has 1 unspecified atom stereocenters. The van der Waals surface area contributed by atoms with Crippen LogP contribution in [0.5, 0.6) is 5.75 Å². The van der Waals surface area contributed by atoms with Gasteiger partial charge in [0.1, 0.15) is 31.3 Å². The first-order valence-corrected chi connectivity index (χ1v) is 11.3. The number of phenols is 1. The summed E-state index contributed by atoms with van der Waals surface area (Å²) in [5.74, 6) is 0.0590. The van der Waals surface area contributed by atoms with Crippen molar-refractivity contribution in [3.63, 3.8) is 0 Å². The topological polar surface area (TPSA) is 140 Å². The first kappa shape index (κ1) is 23.5. The average Bonchev–Trinajstić information content (AvgIpc) is 3.10. The number of hydrogen-bond acceptors (Lipinski definition) is 8. The molecule has 166 valence electrons. The molecule has 1 aromatic heterocycles. The third-order valence-corrected chi connectivity index (χ3v) is 5.71. The van der Waals surface area contributed by atoms with Crippen molar-refractivity contribution in [2.24, 2.45) is 0 Å². The summed E-state index contributed by atoms with van der Waals surface area (Å²) in [6, 6.07) is 5.11. The number of rotatable bonds is 8. The molecule has 0 saturated carbocycles. The van der Waals surface area contributed by atoms with Gasteiger partial charge in [0.25, 0.3) is 5.56 Å². The molecule has 2 heterocycles. The molecule has 0 bridgehead atoms. The number of phenolic OH excluding ortho intramolecular Hbond substituents is 1. The van der Waals surface area contributed by atoms with Crippen LogP contribution >= 0.6 is 24.2 Å². The fraction of sp³-hybridized carbons (Fsp3) is 0.368. The van der Waals surface area contributed by atoms with Crippen molar-refractivity contribution in [1.29, 1.82) is 0 Å². The van der Waals surface area contributed by atoms with E-state index in [4.69, 9.17) is 13.8 Å². The van der Waals surface area contributed by atoms with Gasteiger partial charge in [-0.1, -0.05) is 34.1 Å². The summed E-state index contributed by atoms with van der Waals surface area (Å²) in [5.41, 5.74) is 0.130. The van der Waals surface area contributed by atoms with Gasteiger partial charge in [-0.2, -0.15) is 0 Å². The van der Waals surface area contributed by atoms with Crippen molar-refractivity contribution < 1.29 is 28.6 Å². The molecule has 1 fully saturated rings. The predicted molar refractivity (Wildman–Crippen MR) is 115 cm³/mol. The lowest BCUT2D eigenvalue weighted by Gasteiger charge is -2.14. The highest BCUT2D eigenvalue weighted by Crippen LogP contribution is 2.33. The van der Waals surface area contributed by atoms with E-state index < -0.39 is 37.9 Å². The molecule has 0 radical (unpaired) electrons. The molecule has 1 aliphatic rings. The normalized spacial score (nSPS) is 21.6. The number of benzene rings is 1. The Bertz CT molecular complexity index is 1100. The predicted octanol–water partition coefficient (Wildman–Crippen LogP) is 2.46.